The van der Waals surface area contributed by atoms with E-state index in [9.17, 15) is 9.18 Å². The van der Waals surface area contributed by atoms with Crippen LogP contribution in [-0.2, 0) is 0 Å². The first-order valence-electron chi connectivity index (χ1n) is 5.10. The summed E-state index contributed by atoms with van der Waals surface area (Å²) >= 11 is 12.5. The fourth-order valence-electron chi connectivity index (χ4n) is 1.25. The number of halogens is 3. The van der Waals surface area contributed by atoms with Crippen molar-refractivity contribution in [3.05, 3.63) is 55.9 Å². The first-order chi connectivity index (χ1) is 9.06. The minimum atomic E-state index is -0.424. The van der Waals surface area contributed by atoms with Crippen LogP contribution in [0, 0.1) is 5.13 Å². The van der Waals surface area contributed by atoms with E-state index in [1.165, 1.54) is 30.5 Å². The summed E-state index contributed by atoms with van der Waals surface area (Å²) in [5.74, 6) is -0.424. The molecular weight excluding hydrogens is 310 g/mol. The molecule has 1 heterocycles. The fourth-order valence-corrected chi connectivity index (χ4v) is 2.15. The minimum Gasteiger partial charge on any atom is -0.267 e. The standard InChI is InChI=1S/C12H7Cl2FN2OS/c13-9-3-1-7(5-10(9)14)12(18)17-16-6-8-2-4-11(15)19-8/h1-6H,(H,17,18)/b16-6-. The number of benzene rings is 1. The van der Waals surface area contributed by atoms with Crippen LogP contribution in [0.4, 0.5) is 4.39 Å². The Morgan fingerprint density at radius 2 is 2.05 bits per heavy atom. The molecule has 0 radical (unpaired) electrons. The fraction of sp³-hybridized carbons (Fsp3) is 0. The second kappa shape index (κ2) is 6.14. The molecule has 2 rings (SSSR count). The van der Waals surface area contributed by atoms with E-state index in [4.69, 9.17) is 23.2 Å². The Bertz CT molecular complexity index is 642. The molecule has 0 aliphatic rings. The molecule has 7 heteroatoms. The van der Waals surface area contributed by atoms with Crippen LogP contribution < -0.4 is 5.43 Å². The van der Waals surface area contributed by atoms with Crippen LogP contribution in [0.2, 0.25) is 10.0 Å². The van der Waals surface area contributed by atoms with Gasteiger partial charge in [0.05, 0.1) is 21.1 Å². The molecule has 1 amide bonds. The first kappa shape index (κ1) is 14.0. The number of amides is 1. The van der Waals surface area contributed by atoms with E-state index >= 15 is 0 Å². The Kier molecular flexibility index (Phi) is 4.52. The normalized spacial score (nSPS) is 10.9. The van der Waals surface area contributed by atoms with Gasteiger partial charge in [-0.2, -0.15) is 9.49 Å². The van der Waals surface area contributed by atoms with Gasteiger partial charge in [-0.25, -0.2) is 5.43 Å². The maximum atomic E-state index is 12.7. The number of nitrogens with zero attached hydrogens (tertiary/aromatic N) is 1. The van der Waals surface area contributed by atoms with Gasteiger partial charge in [0.2, 0.25) is 0 Å². The molecule has 0 bridgehead atoms. The smallest absolute Gasteiger partial charge is 0.267 e. The van der Waals surface area contributed by atoms with Crippen molar-refractivity contribution in [1.29, 1.82) is 0 Å². The van der Waals surface area contributed by atoms with E-state index in [2.05, 4.69) is 10.5 Å². The van der Waals surface area contributed by atoms with Crippen LogP contribution in [0.25, 0.3) is 0 Å². The Labute approximate surface area is 122 Å². The van der Waals surface area contributed by atoms with Crippen LogP contribution in [-0.4, -0.2) is 12.1 Å². The predicted octanol–water partition coefficient (Wildman–Crippen LogP) is 3.96. The molecule has 1 aromatic carbocycles. The zero-order chi connectivity index (χ0) is 13.8. The van der Waals surface area contributed by atoms with Crippen LogP contribution >= 0.6 is 34.5 Å². The second-order valence-corrected chi connectivity index (χ2v) is 5.35. The van der Waals surface area contributed by atoms with Crippen molar-refractivity contribution < 1.29 is 9.18 Å². The largest absolute Gasteiger partial charge is 0.271 e. The highest BCUT2D eigenvalue weighted by Crippen LogP contribution is 2.22. The number of hydrogen-bond donors (Lipinski definition) is 1. The van der Waals surface area contributed by atoms with Gasteiger partial charge in [0.25, 0.3) is 5.91 Å². The highest BCUT2D eigenvalue weighted by Gasteiger charge is 2.06. The van der Waals surface area contributed by atoms with E-state index in [-0.39, 0.29) is 5.13 Å². The highest BCUT2D eigenvalue weighted by atomic mass is 35.5. The number of carbonyl (C=O) groups is 1. The molecule has 2 aromatic rings. The summed E-state index contributed by atoms with van der Waals surface area (Å²) in [5, 5.41) is 4.08. The third kappa shape index (κ3) is 3.76. The molecule has 0 spiro atoms. The molecule has 0 saturated heterocycles. The average molecular weight is 317 g/mol. The summed E-state index contributed by atoms with van der Waals surface area (Å²) in [7, 11) is 0. The van der Waals surface area contributed by atoms with Crippen LogP contribution in [0.5, 0.6) is 0 Å². The monoisotopic (exact) mass is 316 g/mol. The van der Waals surface area contributed by atoms with Crippen molar-refractivity contribution in [2.24, 2.45) is 5.10 Å². The van der Waals surface area contributed by atoms with E-state index < -0.39 is 5.91 Å². The maximum absolute atomic E-state index is 12.7. The molecule has 19 heavy (non-hydrogen) atoms. The zero-order valence-electron chi connectivity index (χ0n) is 9.36. The lowest BCUT2D eigenvalue weighted by Crippen LogP contribution is -2.17. The molecule has 98 valence electrons. The van der Waals surface area contributed by atoms with Crippen molar-refractivity contribution in [2.75, 3.05) is 0 Å². The lowest BCUT2D eigenvalue weighted by atomic mass is 10.2. The van der Waals surface area contributed by atoms with E-state index in [1.54, 1.807) is 6.07 Å². The summed E-state index contributed by atoms with van der Waals surface area (Å²) < 4.78 is 12.7. The molecule has 0 aliphatic heterocycles. The summed E-state index contributed by atoms with van der Waals surface area (Å²) in [6, 6.07) is 7.39. The highest BCUT2D eigenvalue weighted by molar-refractivity contribution is 7.12. The Balaban J connectivity index is 2.01. The third-order valence-electron chi connectivity index (χ3n) is 2.13. The third-order valence-corrected chi connectivity index (χ3v) is 3.68. The van der Waals surface area contributed by atoms with Gasteiger partial charge in [-0.05, 0) is 30.3 Å². The molecule has 1 aromatic heterocycles. The summed E-state index contributed by atoms with van der Waals surface area (Å²) in [5.41, 5.74) is 2.65. The maximum Gasteiger partial charge on any atom is 0.271 e. The molecule has 1 N–H and O–H groups in total. The van der Waals surface area contributed by atoms with Gasteiger partial charge in [0.1, 0.15) is 0 Å². The predicted molar refractivity (Wildman–Crippen MR) is 75.8 cm³/mol. The zero-order valence-corrected chi connectivity index (χ0v) is 11.7. The van der Waals surface area contributed by atoms with Crippen molar-refractivity contribution in [2.45, 2.75) is 0 Å². The van der Waals surface area contributed by atoms with E-state index in [0.29, 0.717) is 20.5 Å². The van der Waals surface area contributed by atoms with E-state index in [0.717, 1.165) is 11.3 Å². The summed E-state index contributed by atoms with van der Waals surface area (Å²) in [6.07, 6.45) is 1.36. The van der Waals surface area contributed by atoms with Gasteiger partial charge in [-0.15, -0.1) is 11.3 Å². The molecule has 0 atom stereocenters. The topological polar surface area (TPSA) is 41.5 Å². The van der Waals surface area contributed by atoms with Gasteiger partial charge in [-0.3, -0.25) is 4.79 Å². The van der Waals surface area contributed by atoms with Gasteiger partial charge in [0, 0.05) is 5.56 Å². The van der Waals surface area contributed by atoms with Crippen LogP contribution in [0.15, 0.2) is 35.4 Å². The molecule has 0 saturated carbocycles. The number of thiophene rings is 1. The average Bonchev–Trinajstić information content (AvgIpc) is 2.78. The summed E-state index contributed by atoms with van der Waals surface area (Å²) in [4.78, 5) is 12.3. The van der Waals surface area contributed by atoms with Gasteiger partial charge in [-0.1, -0.05) is 23.2 Å². The van der Waals surface area contributed by atoms with Gasteiger partial charge in [0.15, 0.2) is 5.13 Å². The number of nitrogens with one attached hydrogen (secondary N) is 1. The minimum absolute atomic E-state index is 0.290. The van der Waals surface area contributed by atoms with Crippen LogP contribution in [0.3, 0.4) is 0 Å². The number of hydrogen-bond acceptors (Lipinski definition) is 3. The quantitative estimate of drug-likeness (QED) is 0.676. The van der Waals surface area contributed by atoms with Crippen molar-refractivity contribution in [3.63, 3.8) is 0 Å². The van der Waals surface area contributed by atoms with Crippen LogP contribution in [0.1, 0.15) is 15.2 Å². The van der Waals surface area contributed by atoms with Crippen molar-refractivity contribution >= 4 is 46.7 Å². The SMILES string of the molecule is O=C(N/N=C\c1ccc(F)s1)c1ccc(Cl)c(Cl)c1. The molecule has 0 aliphatic carbocycles. The molecule has 3 nitrogen and oxygen atoms in total. The number of carbonyl (C=O) groups excluding carboxylic acids is 1. The lowest BCUT2D eigenvalue weighted by Gasteiger charge is -2.01. The number of hydrazone groups is 1. The molecule has 0 fully saturated rings. The Morgan fingerprint density at radius 1 is 1.26 bits per heavy atom. The van der Waals surface area contributed by atoms with E-state index in [1.807, 2.05) is 0 Å². The molecular formula is C12H7Cl2FN2OS. The molecule has 0 unspecified atom stereocenters. The van der Waals surface area contributed by atoms with Gasteiger partial charge >= 0.3 is 0 Å². The lowest BCUT2D eigenvalue weighted by molar-refractivity contribution is 0.0955. The van der Waals surface area contributed by atoms with Crippen molar-refractivity contribution in [3.8, 4) is 0 Å². The Hall–Kier alpha value is -1.43. The van der Waals surface area contributed by atoms with Gasteiger partial charge < -0.3 is 0 Å². The van der Waals surface area contributed by atoms with Crippen molar-refractivity contribution in [1.82, 2.24) is 5.43 Å². The second-order valence-electron chi connectivity index (χ2n) is 3.47. The first-order valence-corrected chi connectivity index (χ1v) is 6.67. The number of rotatable bonds is 3. The Morgan fingerprint density at radius 3 is 2.68 bits per heavy atom. The summed E-state index contributed by atoms with van der Waals surface area (Å²) in [6.45, 7) is 0.